The van der Waals surface area contributed by atoms with Crippen LogP contribution in [0.25, 0.3) is 0 Å². The van der Waals surface area contributed by atoms with Crippen molar-refractivity contribution in [2.24, 2.45) is 0 Å². The third-order valence-electron chi connectivity index (χ3n) is 4.37. The molecule has 1 saturated heterocycles. The van der Waals surface area contributed by atoms with Gasteiger partial charge >= 0.3 is 0 Å². The Morgan fingerprint density at radius 2 is 1.89 bits per heavy atom. The number of hydrogen-bond acceptors (Lipinski definition) is 4. The van der Waals surface area contributed by atoms with E-state index in [1.807, 2.05) is 19.1 Å². The summed E-state index contributed by atoms with van der Waals surface area (Å²) in [6.07, 6.45) is 2.37. The molecule has 1 amide bonds. The summed E-state index contributed by atoms with van der Waals surface area (Å²) in [6.45, 7) is 4.40. The number of thiocarbonyl (C=S) groups is 1. The lowest BCUT2D eigenvalue weighted by Gasteiger charge is -2.20. The second-order valence-electron chi connectivity index (χ2n) is 6.35. The predicted molar refractivity (Wildman–Crippen MR) is 119 cm³/mol. The molecule has 1 aliphatic heterocycles. The van der Waals surface area contributed by atoms with Gasteiger partial charge in [-0.25, -0.2) is 0 Å². The highest BCUT2D eigenvalue weighted by atomic mass is 35.5. The molecule has 0 bridgehead atoms. The predicted octanol–water partition coefficient (Wildman–Crippen LogP) is 5.12. The van der Waals surface area contributed by atoms with Crippen molar-refractivity contribution in [1.29, 1.82) is 0 Å². The third kappa shape index (κ3) is 5.07. The molecule has 0 saturated carbocycles. The van der Waals surface area contributed by atoms with Gasteiger partial charge in [-0.05, 0) is 68.4 Å². The Morgan fingerprint density at radius 3 is 2.54 bits per heavy atom. The number of anilines is 2. The first-order valence-corrected chi connectivity index (χ1v) is 10.2. The van der Waals surface area contributed by atoms with Gasteiger partial charge in [0.25, 0.3) is 5.91 Å². The molecule has 0 aromatic heterocycles. The lowest BCUT2D eigenvalue weighted by molar-refractivity contribution is 0.0977. The van der Waals surface area contributed by atoms with Crippen LogP contribution in [0.4, 0.5) is 11.4 Å². The summed E-state index contributed by atoms with van der Waals surface area (Å²) >= 11 is 17.8. The summed E-state index contributed by atoms with van der Waals surface area (Å²) in [7, 11) is 0. The number of amides is 1. The van der Waals surface area contributed by atoms with Crippen LogP contribution in [0, 0.1) is 0 Å². The van der Waals surface area contributed by atoms with E-state index in [1.54, 1.807) is 24.3 Å². The van der Waals surface area contributed by atoms with Crippen LogP contribution >= 0.6 is 35.4 Å². The number of carbonyl (C=O) groups excluding carboxylic acids is 1. The lowest BCUT2D eigenvalue weighted by Crippen LogP contribution is -2.34. The fraction of sp³-hybridized carbons (Fsp3) is 0.300. The highest BCUT2D eigenvalue weighted by Gasteiger charge is 2.16. The van der Waals surface area contributed by atoms with Crippen LogP contribution < -0.4 is 20.3 Å². The molecule has 0 radical (unpaired) electrons. The van der Waals surface area contributed by atoms with Crippen molar-refractivity contribution in [3.8, 4) is 5.75 Å². The van der Waals surface area contributed by atoms with Crippen LogP contribution in [0.15, 0.2) is 36.4 Å². The molecule has 1 fully saturated rings. The Labute approximate surface area is 180 Å². The van der Waals surface area contributed by atoms with Gasteiger partial charge < -0.3 is 15.0 Å². The van der Waals surface area contributed by atoms with Gasteiger partial charge in [0.05, 0.1) is 22.3 Å². The molecule has 1 heterocycles. The number of benzene rings is 2. The molecule has 28 heavy (non-hydrogen) atoms. The topological polar surface area (TPSA) is 53.6 Å². The van der Waals surface area contributed by atoms with E-state index in [4.69, 9.17) is 40.2 Å². The van der Waals surface area contributed by atoms with E-state index in [9.17, 15) is 4.79 Å². The zero-order valence-corrected chi connectivity index (χ0v) is 17.8. The van der Waals surface area contributed by atoms with Gasteiger partial charge in [0.1, 0.15) is 5.75 Å². The van der Waals surface area contributed by atoms with Crippen molar-refractivity contribution in [3.63, 3.8) is 0 Å². The van der Waals surface area contributed by atoms with Crippen LogP contribution in [-0.4, -0.2) is 30.7 Å². The van der Waals surface area contributed by atoms with Crippen molar-refractivity contribution in [2.45, 2.75) is 19.8 Å². The van der Waals surface area contributed by atoms with Crippen LogP contribution in [0.5, 0.6) is 5.75 Å². The van der Waals surface area contributed by atoms with Gasteiger partial charge in [0.15, 0.2) is 5.11 Å². The standard InChI is InChI=1S/C20H21Cl2N3O2S/c1-2-27-18-8-5-13(11-16(18)22)19(26)24-20(28)23-14-6-7-17(15(21)12-14)25-9-3-4-10-25/h5-8,11-12H,2-4,9-10H2,1H3,(H2,23,24,26,28). The maximum atomic E-state index is 12.4. The van der Waals surface area contributed by atoms with E-state index in [0.29, 0.717) is 33.7 Å². The number of halogens is 2. The van der Waals surface area contributed by atoms with Gasteiger partial charge in [-0.1, -0.05) is 23.2 Å². The number of carbonyl (C=O) groups is 1. The largest absolute Gasteiger partial charge is 0.492 e. The number of ether oxygens (including phenoxy) is 1. The monoisotopic (exact) mass is 437 g/mol. The molecule has 3 rings (SSSR count). The molecular formula is C20H21Cl2N3O2S. The lowest BCUT2D eigenvalue weighted by atomic mass is 10.2. The Bertz CT molecular complexity index is 886. The maximum absolute atomic E-state index is 12.4. The fourth-order valence-corrected chi connectivity index (χ4v) is 3.80. The molecule has 0 spiro atoms. The minimum Gasteiger partial charge on any atom is -0.492 e. The summed E-state index contributed by atoms with van der Waals surface area (Å²) in [5, 5.41) is 6.83. The van der Waals surface area contributed by atoms with Crippen molar-refractivity contribution >= 4 is 57.8 Å². The SMILES string of the molecule is CCOc1ccc(C(=O)NC(=S)Nc2ccc(N3CCCC3)c(Cl)c2)cc1Cl. The van der Waals surface area contributed by atoms with Crippen LogP contribution in [-0.2, 0) is 0 Å². The van der Waals surface area contributed by atoms with E-state index >= 15 is 0 Å². The van der Waals surface area contributed by atoms with E-state index < -0.39 is 0 Å². The average molecular weight is 438 g/mol. The van der Waals surface area contributed by atoms with Gasteiger partial charge in [-0.3, -0.25) is 10.1 Å². The smallest absolute Gasteiger partial charge is 0.257 e. The minimum atomic E-state index is -0.359. The minimum absolute atomic E-state index is 0.181. The van der Waals surface area contributed by atoms with E-state index in [2.05, 4.69) is 15.5 Å². The molecule has 2 aromatic carbocycles. The van der Waals surface area contributed by atoms with E-state index in [1.165, 1.54) is 12.8 Å². The van der Waals surface area contributed by atoms with Crippen molar-refractivity contribution in [2.75, 3.05) is 29.9 Å². The molecule has 0 atom stereocenters. The maximum Gasteiger partial charge on any atom is 0.257 e. The van der Waals surface area contributed by atoms with Crippen molar-refractivity contribution in [1.82, 2.24) is 5.32 Å². The number of rotatable bonds is 5. The van der Waals surface area contributed by atoms with E-state index in [-0.39, 0.29) is 11.0 Å². The average Bonchev–Trinajstić information content (AvgIpc) is 3.18. The first kappa shape index (κ1) is 20.7. The zero-order valence-electron chi connectivity index (χ0n) is 15.4. The molecule has 148 valence electrons. The van der Waals surface area contributed by atoms with Crippen LogP contribution in [0.3, 0.4) is 0 Å². The number of hydrogen-bond donors (Lipinski definition) is 2. The van der Waals surface area contributed by atoms with Crippen LogP contribution in [0.2, 0.25) is 10.0 Å². The molecule has 8 heteroatoms. The van der Waals surface area contributed by atoms with Crippen molar-refractivity contribution in [3.05, 3.63) is 52.0 Å². The van der Waals surface area contributed by atoms with Gasteiger partial charge in [0.2, 0.25) is 0 Å². The van der Waals surface area contributed by atoms with Crippen LogP contribution in [0.1, 0.15) is 30.1 Å². The molecule has 5 nitrogen and oxygen atoms in total. The quantitative estimate of drug-likeness (QED) is 0.635. The Kier molecular flexibility index (Phi) is 6.99. The van der Waals surface area contributed by atoms with Gasteiger partial charge in [-0.2, -0.15) is 0 Å². The molecule has 1 aliphatic rings. The molecule has 0 aliphatic carbocycles. The molecule has 2 aromatic rings. The normalized spacial score (nSPS) is 13.3. The van der Waals surface area contributed by atoms with Crippen molar-refractivity contribution < 1.29 is 9.53 Å². The van der Waals surface area contributed by atoms with Gasteiger partial charge in [0, 0.05) is 24.3 Å². The second-order valence-corrected chi connectivity index (χ2v) is 7.57. The van der Waals surface area contributed by atoms with Gasteiger partial charge in [-0.15, -0.1) is 0 Å². The molecular weight excluding hydrogens is 417 g/mol. The summed E-state index contributed by atoms with van der Waals surface area (Å²) < 4.78 is 5.37. The summed E-state index contributed by atoms with van der Waals surface area (Å²) in [6, 6.07) is 10.5. The fourth-order valence-electron chi connectivity index (χ4n) is 3.05. The Hall–Kier alpha value is -2.02. The summed E-state index contributed by atoms with van der Waals surface area (Å²) in [5.74, 6) is 0.177. The second kappa shape index (κ2) is 9.45. The Morgan fingerprint density at radius 1 is 1.14 bits per heavy atom. The first-order chi connectivity index (χ1) is 13.5. The molecule has 0 unspecified atom stereocenters. The highest BCUT2D eigenvalue weighted by Crippen LogP contribution is 2.31. The Balaban J connectivity index is 1.61. The summed E-state index contributed by atoms with van der Waals surface area (Å²) in [4.78, 5) is 14.7. The third-order valence-corrected chi connectivity index (χ3v) is 5.18. The number of nitrogens with one attached hydrogen (secondary N) is 2. The van der Waals surface area contributed by atoms with E-state index in [0.717, 1.165) is 18.8 Å². The highest BCUT2D eigenvalue weighted by molar-refractivity contribution is 7.80. The zero-order chi connectivity index (χ0) is 20.1. The summed E-state index contributed by atoms with van der Waals surface area (Å²) in [5.41, 5.74) is 2.12. The first-order valence-electron chi connectivity index (χ1n) is 9.07. The number of nitrogens with zero attached hydrogens (tertiary/aromatic N) is 1. The molecule has 2 N–H and O–H groups in total.